The number of aromatic nitrogens is 1. The lowest BCUT2D eigenvalue weighted by Gasteiger charge is -2.20. The molecule has 0 unspecified atom stereocenters. The van der Waals surface area contributed by atoms with Crippen LogP contribution in [0.15, 0.2) is 72.9 Å². The van der Waals surface area contributed by atoms with Gasteiger partial charge < -0.3 is 20.3 Å². The molecule has 0 saturated carbocycles. The summed E-state index contributed by atoms with van der Waals surface area (Å²) in [7, 11) is 1.59. The minimum atomic E-state index is -1.01. The quantitative estimate of drug-likeness (QED) is 0.448. The molecule has 1 aliphatic heterocycles. The van der Waals surface area contributed by atoms with E-state index in [-0.39, 0.29) is 6.61 Å². The first-order valence-corrected chi connectivity index (χ1v) is 11.1. The van der Waals surface area contributed by atoms with Crippen molar-refractivity contribution in [3.8, 4) is 17.6 Å². The van der Waals surface area contributed by atoms with Gasteiger partial charge in [0.15, 0.2) is 0 Å². The van der Waals surface area contributed by atoms with Gasteiger partial charge in [0.05, 0.1) is 5.69 Å². The first kappa shape index (κ1) is 23.5. The molecule has 0 aliphatic carbocycles. The molecule has 8 nitrogen and oxygen atoms in total. The summed E-state index contributed by atoms with van der Waals surface area (Å²) in [5, 5.41) is 5.06. The third-order valence-electron chi connectivity index (χ3n) is 5.41. The van der Waals surface area contributed by atoms with Crippen LogP contribution in [-0.2, 0) is 20.8 Å². The fourth-order valence-corrected chi connectivity index (χ4v) is 3.52. The second-order valence-corrected chi connectivity index (χ2v) is 7.87. The van der Waals surface area contributed by atoms with E-state index >= 15 is 0 Å². The van der Waals surface area contributed by atoms with Crippen LogP contribution in [0.1, 0.15) is 16.8 Å². The van der Waals surface area contributed by atoms with E-state index in [0.717, 1.165) is 5.56 Å². The molecule has 0 spiro atoms. The number of hydrogen-bond donors (Lipinski definition) is 2. The number of carbonyl (C=O) groups is 3. The Labute approximate surface area is 203 Å². The zero-order valence-electron chi connectivity index (χ0n) is 19.2. The molecule has 3 aromatic rings. The molecule has 2 N–H and O–H groups in total. The number of anilines is 1. The van der Waals surface area contributed by atoms with Crippen LogP contribution in [0.5, 0.6) is 5.75 Å². The van der Waals surface area contributed by atoms with Crippen LogP contribution < -0.4 is 20.3 Å². The van der Waals surface area contributed by atoms with Crippen molar-refractivity contribution in [3.05, 3.63) is 89.7 Å². The van der Waals surface area contributed by atoms with Crippen LogP contribution in [0, 0.1) is 11.8 Å². The zero-order chi connectivity index (χ0) is 24.6. The predicted octanol–water partition coefficient (Wildman–Crippen LogP) is 1.68. The van der Waals surface area contributed by atoms with Crippen LogP contribution in [0.2, 0.25) is 0 Å². The average Bonchev–Trinajstić information content (AvgIpc) is 3.00. The van der Waals surface area contributed by atoms with E-state index in [0.29, 0.717) is 35.7 Å². The summed E-state index contributed by atoms with van der Waals surface area (Å²) in [5.41, 5.74) is 2.88. The molecule has 0 radical (unpaired) electrons. The Balaban J connectivity index is 1.37. The number of amides is 3. The van der Waals surface area contributed by atoms with Gasteiger partial charge in [0.1, 0.15) is 24.1 Å². The maximum absolute atomic E-state index is 13.0. The van der Waals surface area contributed by atoms with E-state index in [1.807, 2.05) is 42.5 Å². The summed E-state index contributed by atoms with van der Waals surface area (Å²) >= 11 is 0. The van der Waals surface area contributed by atoms with Gasteiger partial charge in [-0.3, -0.25) is 14.4 Å². The fraction of sp³-hybridized carbons (Fsp3) is 0.185. The maximum Gasteiger partial charge on any atom is 0.310 e. The summed E-state index contributed by atoms with van der Waals surface area (Å²) in [4.78, 5) is 43.2. The summed E-state index contributed by atoms with van der Waals surface area (Å²) in [6.07, 6.45) is 2.26. The van der Waals surface area contributed by atoms with Crippen molar-refractivity contribution in [1.29, 1.82) is 0 Å². The number of pyridine rings is 1. The van der Waals surface area contributed by atoms with Gasteiger partial charge in [0.2, 0.25) is 0 Å². The van der Waals surface area contributed by atoms with Crippen LogP contribution in [0.4, 0.5) is 5.69 Å². The fourth-order valence-electron chi connectivity index (χ4n) is 3.52. The highest BCUT2D eigenvalue weighted by molar-refractivity contribution is 6.35. The molecule has 2 aromatic carbocycles. The van der Waals surface area contributed by atoms with Crippen molar-refractivity contribution in [2.24, 2.45) is 0 Å². The molecule has 35 heavy (non-hydrogen) atoms. The van der Waals surface area contributed by atoms with Crippen LogP contribution in [0.3, 0.4) is 0 Å². The number of nitrogens with zero attached hydrogens (tertiary/aromatic N) is 2. The van der Waals surface area contributed by atoms with E-state index in [1.54, 1.807) is 37.5 Å². The molecular weight excluding hydrogens is 444 g/mol. The highest BCUT2D eigenvalue weighted by Gasteiger charge is 2.32. The maximum atomic E-state index is 13.0. The van der Waals surface area contributed by atoms with Gasteiger partial charge in [-0.2, -0.15) is 0 Å². The van der Waals surface area contributed by atoms with E-state index in [4.69, 9.17) is 4.74 Å². The molecule has 0 saturated heterocycles. The Morgan fingerprint density at radius 2 is 1.86 bits per heavy atom. The first-order valence-electron chi connectivity index (χ1n) is 11.1. The molecular formula is C27H24N4O4. The molecule has 2 heterocycles. The van der Waals surface area contributed by atoms with Crippen molar-refractivity contribution < 1.29 is 19.1 Å². The highest BCUT2D eigenvalue weighted by atomic mass is 16.5. The normalized spacial score (nSPS) is 14.5. The second kappa shape index (κ2) is 11.0. The number of fused-ring (bicyclic) bond motifs is 1. The largest absolute Gasteiger partial charge is 0.489 e. The number of hydrogen-bond acceptors (Lipinski definition) is 5. The number of nitrogens with one attached hydrogen (secondary N) is 2. The Morgan fingerprint density at radius 1 is 1.06 bits per heavy atom. The summed E-state index contributed by atoms with van der Waals surface area (Å²) in [6.45, 7) is 0.206. The molecule has 8 heteroatoms. The van der Waals surface area contributed by atoms with Crippen LogP contribution >= 0.6 is 0 Å². The van der Waals surface area contributed by atoms with Crippen molar-refractivity contribution in [2.45, 2.75) is 12.5 Å². The minimum Gasteiger partial charge on any atom is -0.489 e. The van der Waals surface area contributed by atoms with Crippen molar-refractivity contribution in [3.63, 3.8) is 0 Å². The van der Waals surface area contributed by atoms with E-state index < -0.39 is 23.8 Å². The standard InChI is InChI=1S/C27H24N4O4/c1-31-23-17-20(10-12-21-9-5-6-15-28-21)11-13-24(23)35-18-22(27(31)34)30-26(33)25(32)29-16-14-19-7-3-2-4-8-19/h2-9,11,13,15,17,22H,14,16,18H2,1H3,(H,29,32)(H,30,33)/t22-/m0/s1. The number of likely N-dealkylation sites (N-methyl/N-ethyl adjacent to an activating group) is 1. The lowest BCUT2D eigenvalue weighted by atomic mass is 10.1. The minimum absolute atomic E-state index is 0.0990. The lowest BCUT2D eigenvalue weighted by molar-refractivity contribution is -0.140. The Morgan fingerprint density at radius 3 is 2.63 bits per heavy atom. The molecule has 4 rings (SSSR count). The molecule has 1 aromatic heterocycles. The third kappa shape index (κ3) is 6.03. The number of carbonyl (C=O) groups excluding carboxylic acids is 3. The van der Waals surface area contributed by atoms with E-state index in [9.17, 15) is 14.4 Å². The Hall–Kier alpha value is -4.64. The second-order valence-electron chi connectivity index (χ2n) is 7.87. The summed E-state index contributed by atoms with van der Waals surface area (Å²) in [5.74, 6) is 4.40. The molecule has 3 amide bonds. The molecule has 1 aliphatic rings. The monoisotopic (exact) mass is 468 g/mol. The van der Waals surface area contributed by atoms with Gasteiger partial charge in [0.25, 0.3) is 5.91 Å². The topological polar surface area (TPSA) is 101 Å². The predicted molar refractivity (Wildman–Crippen MR) is 131 cm³/mol. The van der Waals surface area contributed by atoms with Crippen LogP contribution in [0.25, 0.3) is 0 Å². The molecule has 0 fully saturated rings. The van der Waals surface area contributed by atoms with Gasteiger partial charge in [-0.05, 0) is 48.2 Å². The van der Waals surface area contributed by atoms with Crippen LogP contribution in [-0.4, -0.2) is 48.9 Å². The van der Waals surface area contributed by atoms with Crippen molar-refractivity contribution in [1.82, 2.24) is 15.6 Å². The Bertz CT molecular complexity index is 1280. The molecule has 176 valence electrons. The number of rotatable bonds is 4. The lowest BCUT2D eigenvalue weighted by Crippen LogP contribution is -2.53. The van der Waals surface area contributed by atoms with Gasteiger partial charge in [0, 0.05) is 25.4 Å². The van der Waals surface area contributed by atoms with Crippen molar-refractivity contribution in [2.75, 3.05) is 25.1 Å². The number of benzene rings is 2. The summed E-state index contributed by atoms with van der Waals surface area (Å²) < 4.78 is 5.77. The van der Waals surface area contributed by atoms with Gasteiger partial charge >= 0.3 is 11.8 Å². The highest BCUT2D eigenvalue weighted by Crippen LogP contribution is 2.31. The van der Waals surface area contributed by atoms with Gasteiger partial charge in [-0.1, -0.05) is 42.3 Å². The zero-order valence-corrected chi connectivity index (χ0v) is 19.2. The molecule has 1 atom stereocenters. The molecule has 0 bridgehead atoms. The SMILES string of the molecule is CN1C(=O)[C@@H](NC(=O)C(=O)NCCc2ccccc2)COc2ccc(C#Cc3ccccn3)cc21. The Kier molecular flexibility index (Phi) is 7.38. The third-order valence-corrected chi connectivity index (χ3v) is 5.41. The van der Waals surface area contributed by atoms with E-state index in [1.165, 1.54) is 4.90 Å². The van der Waals surface area contributed by atoms with Gasteiger partial charge in [-0.25, -0.2) is 4.98 Å². The smallest absolute Gasteiger partial charge is 0.310 e. The number of ether oxygens (including phenoxy) is 1. The summed E-state index contributed by atoms with van der Waals surface area (Å²) in [6, 6.07) is 19.3. The first-order chi connectivity index (χ1) is 17.0. The van der Waals surface area contributed by atoms with E-state index in [2.05, 4.69) is 27.5 Å². The average molecular weight is 469 g/mol. The van der Waals surface area contributed by atoms with Gasteiger partial charge in [-0.15, -0.1) is 0 Å². The van der Waals surface area contributed by atoms with Crippen molar-refractivity contribution >= 4 is 23.4 Å².